The maximum absolute atomic E-state index is 12.9. The summed E-state index contributed by atoms with van der Waals surface area (Å²) >= 11 is 0. The molecule has 0 spiro atoms. The Kier molecular flexibility index (Phi) is 6.05. The highest BCUT2D eigenvalue weighted by Crippen LogP contribution is 2.18. The lowest BCUT2D eigenvalue weighted by atomic mass is 10.1. The summed E-state index contributed by atoms with van der Waals surface area (Å²) in [6.07, 6.45) is 1.60. The number of carbonyl (C=O) groups is 1. The fourth-order valence-electron chi connectivity index (χ4n) is 2.90. The predicted octanol–water partition coefficient (Wildman–Crippen LogP) is 2.43. The maximum atomic E-state index is 12.9. The Morgan fingerprint density at radius 3 is 2.70 bits per heavy atom. The molecular formula is C19H24FN5O2. The molecule has 2 heterocycles. The van der Waals surface area contributed by atoms with E-state index in [9.17, 15) is 9.18 Å². The molecule has 1 N–H and O–H groups in total. The van der Waals surface area contributed by atoms with Crippen LogP contribution in [0, 0.1) is 5.82 Å². The standard InChI is InChI=1S/C19H24FN5O2/c1-24(2)17-9-10-18(23-22-17)27-16-4-3-11-25(13-16)19(26)21-12-14-5-7-15(20)8-6-14/h5-10,16H,3-4,11-13H2,1-2H3,(H,21,26). The topological polar surface area (TPSA) is 70.6 Å². The first kappa shape index (κ1) is 18.9. The molecule has 0 radical (unpaired) electrons. The Hall–Kier alpha value is -2.90. The van der Waals surface area contributed by atoms with Crippen molar-refractivity contribution >= 4 is 11.8 Å². The molecule has 144 valence electrons. The van der Waals surface area contributed by atoms with E-state index in [2.05, 4.69) is 15.5 Å². The van der Waals surface area contributed by atoms with Crippen LogP contribution in [-0.4, -0.2) is 54.4 Å². The van der Waals surface area contributed by atoms with Crippen LogP contribution < -0.4 is 15.0 Å². The quantitative estimate of drug-likeness (QED) is 0.872. The van der Waals surface area contributed by atoms with Crippen LogP contribution in [0.25, 0.3) is 0 Å². The van der Waals surface area contributed by atoms with Gasteiger partial charge in [0.1, 0.15) is 11.9 Å². The van der Waals surface area contributed by atoms with Gasteiger partial charge >= 0.3 is 6.03 Å². The van der Waals surface area contributed by atoms with Gasteiger partial charge in [-0.2, -0.15) is 0 Å². The molecule has 3 rings (SSSR count). The number of amides is 2. The van der Waals surface area contributed by atoms with Gasteiger partial charge in [-0.1, -0.05) is 12.1 Å². The molecule has 2 amide bonds. The zero-order valence-corrected chi connectivity index (χ0v) is 15.6. The fourth-order valence-corrected chi connectivity index (χ4v) is 2.90. The number of carbonyl (C=O) groups excluding carboxylic acids is 1. The van der Waals surface area contributed by atoms with Gasteiger partial charge in [0.15, 0.2) is 5.82 Å². The zero-order valence-electron chi connectivity index (χ0n) is 15.6. The van der Waals surface area contributed by atoms with Crippen LogP contribution in [0.4, 0.5) is 15.0 Å². The number of piperidine rings is 1. The summed E-state index contributed by atoms with van der Waals surface area (Å²) in [7, 11) is 3.79. The molecule has 27 heavy (non-hydrogen) atoms. The van der Waals surface area contributed by atoms with Gasteiger partial charge in [-0.3, -0.25) is 0 Å². The Morgan fingerprint density at radius 1 is 1.26 bits per heavy atom. The molecule has 2 aromatic rings. The summed E-state index contributed by atoms with van der Waals surface area (Å²) in [4.78, 5) is 16.0. The van der Waals surface area contributed by atoms with Gasteiger partial charge in [0.05, 0.1) is 6.54 Å². The van der Waals surface area contributed by atoms with Gasteiger partial charge in [0, 0.05) is 33.3 Å². The molecule has 1 aromatic heterocycles. The van der Waals surface area contributed by atoms with Gasteiger partial charge in [-0.25, -0.2) is 9.18 Å². The first-order chi connectivity index (χ1) is 13.0. The first-order valence-corrected chi connectivity index (χ1v) is 8.96. The van der Waals surface area contributed by atoms with E-state index in [-0.39, 0.29) is 18.0 Å². The highest BCUT2D eigenvalue weighted by molar-refractivity contribution is 5.74. The second-order valence-corrected chi connectivity index (χ2v) is 6.74. The molecule has 0 aliphatic carbocycles. The molecule has 8 heteroatoms. The molecule has 7 nitrogen and oxygen atoms in total. The highest BCUT2D eigenvalue weighted by Gasteiger charge is 2.25. The van der Waals surface area contributed by atoms with Gasteiger partial charge in [-0.05, 0) is 36.6 Å². The summed E-state index contributed by atoms with van der Waals surface area (Å²) < 4.78 is 18.8. The fraction of sp³-hybridized carbons (Fsp3) is 0.421. The minimum Gasteiger partial charge on any atom is -0.471 e. The largest absolute Gasteiger partial charge is 0.471 e. The number of rotatable bonds is 5. The molecule has 1 unspecified atom stereocenters. The number of nitrogens with one attached hydrogen (secondary N) is 1. The lowest BCUT2D eigenvalue weighted by molar-refractivity contribution is 0.0969. The van der Waals surface area contributed by atoms with Crippen LogP contribution in [0.15, 0.2) is 36.4 Å². The van der Waals surface area contributed by atoms with Crippen molar-refractivity contribution in [1.82, 2.24) is 20.4 Å². The van der Waals surface area contributed by atoms with E-state index in [1.54, 1.807) is 23.1 Å². The Balaban J connectivity index is 1.50. The number of nitrogens with zero attached hydrogens (tertiary/aromatic N) is 4. The van der Waals surface area contributed by atoms with Crippen molar-refractivity contribution in [3.8, 4) is 5.88 Å². The third-order valence-electron chi connectivity index (χ3n) is 4.39. The van der Waals surface area contributed by atoms with Crippen molar-refractivity contribution in [3.05, 3.63) is 47.8 Å². The third kappa shape index (κ3) is 5.29. The van der Waals surface area contributed by atoms with Crippen LogP contribution in [0.5, 0.6) is 5.88 Å². The number of benzene rings is 1. The predicted molar refractivity (Wildman–Crippen MR) is 100 cm³/mol. The molecule has 1 aliphatic heterocycles. The number of hydrogen-bond donors (Lipinski definition) is 1. The van der Waals surface area contributed by atoms with E-state index < -0.39 is 0 Å². The van der Waals surface area contributed by atoms with Crippen molar-refractivity contribution in [3.63, 3.8) is 0 Å². The molecule has 1 aromatic carbocycles. The minimum absolute atomic E-state index is 0.116. The van der Waals surface area contributed by atoms with Gasteiger partial charge < -0.3 is 19.9 Å². The molecule has 1 atom stereocenters. The first-order valence-electron chi connectivity index (χ1n) is 8.96. The summed E-state index contributed by atoms with van der Waals surface area (Å²) in [6, 6.07) is 9.57. The lowest BCUT2D eigenvalue weighted by Gasteiger charge is -2.32. The number of urea groups is 1. The second-order valence-electron chi connectivity index (χ2n) is 6.74. The highest BCUT2D eigenvalue weighted by atomic mass is 19.1. The monoisotopic (exact) mass is 373 g/mol. The molecular weight excluding hydrogens is 349 g/mol. The number of likely N-dealkylation sites (tertiary alicyclic amines) is 1. The summed E-state index contributed by atoms with van der Waals surface area (Å²) in [6.45, 7) is 1.53. The summed E-state index contributed by atoms with van der Waals surface area (Å²) in [5.41, 5.74) is 0.853. The molecule has 1 saturated heterocycles. The van der Waals surface area contributed by atoms with Crippen molar-refractivity contribution in [2.45, 2.75) is 25.5 Å². The van der Waals surface area contributed by atoms with Crippen molar-refractivity contribution in [2.24, 2.45) is 0 Å². The van der Waals surface area contributed by atoms with E-state index in [0.29, 0.717) is 25.5 Å². The average Bonchev–Trinajstić information content (AvgIpc) is 2.68. The van der Waals surface area contributed by atoms with Crippen LogP contribution in [-0.2, 0) is 6.54 Å². The van der Waals surface area contributed by atoms with E-state index in [4.69, 9.17) is 4.74 Å². The summed E-state index contributed by atoms with van der Waals surface area (Å²) in [5, 5.41) is 11.0. The van der Waals surface area contributed by atoms with Crippen molar-refractivity contribution in [2.75, 3.05) is 32.1 Å². The molecule has 0 saturated carbocycles. The van der Waals surface area contributed by atoms with Gasteiger partial charge in [0.25, 0.3) is 0 Å². The van der Waals surface area contributed by atoms with E-state index in [0.717, 1.165) is 24.2 Å². The van der Waals surface area contributed by atoms with E-state index >= 15 is 0 Å². The molecule has 0 bridgehead atoms. The zero-order chi connectivity index (χ0) is 19.2. The smallest absolute Gasteiger partial charge is 0.317 e. The van der Waals surface area contributed by atoms with E-state index in [1.807, 2.05) is 25.1 Å². The van der Waals surface area contributed by atoms with Crippen LogP contribution in [0.2, 0.25) is 0 Å². The van der Waals surface area contributed by atoms with Gasteiger partial charge in [0.2, 0.25) is 5.88 Å². The van der Waals surface area contributed by atoms with E-state index in [1.165, 1.54) is 12.1 Å². The van der Waals surface area contributed by atoms with Crippen LogP contribution >= 0.6 is 0 Å². The van der Waals surface area contributed by atoms with Gasteiger partial charge in [-0.15, -0.1) is 10.2 Å². The van der Waals surface area contributed by atoms with Crippen LogP contribution in [0.1, 0.15) is 18.4 Å². The Morgan fingerprint density at radius 2 is 2.04 bits per heavy atom. The normalized spacial score (nSPS) is 16.7. The third-order valence-corrected chi connectivity index (χ3v) is 4.39. The number of hydrogen-bond acceptors (Lipinski definition) is 5. The van der Waals surface area contributed by atoms with Crippen molar-refractivity contribution < 1.29 is 13.9 Å². The Labute approximate surface area is 158 Å². The van der Waals surface area contributed by atoms with Crippen LogP contribution in [0.3, 0.4) is 0 Å². The summed E-state index contributed by atoms with van der Waals surface area (Å²) in [5.74, 6) is 0.926. The number of halogens is 1. The minimum atomic E-state index is -0.289. The second kappa shape index (κ2) is 8.66. The number of aromatic nitrogens is 2. The SMILES string of the molecule is CN(C)c1ccc(OC2CCCN(C(=O)NCc3ccc(F)cc3)C2)nn1. The average molecular weight is 373 g/mol. The number of anilines is 1. The lowest BCUT2D eigenvalue weighted by Crippen LogP contribution is -2.48. The maximum Gasteiger partial charge on any atom is 0.317 e. The molecule has 1 fully saturated rings. The van der Waals surface area contributed by atoms with Crippen molar-refractivity contribution in [1.29, 1.82) is 0 Å². The Bertz CT molecular complexity index is 752. The number of ether oxygens (including phenoxy) is 1. The molecule has 1 aliphatic rings.